The van der Waals surface area contributed by atoms with Crippen molar-refractivity contribution >= 4 is 107 Å². The number of nitrogens with zero attached hydrogens (tertiary/aromatic N) is 5. The number of amides is 4. The van der Waals surface area contributed by atoms with Crippen LogP contribution in [0.1, 0.15) is 74.4 Å². The predicted octanol–water partition coefficient (Wildman–Crippen LogP) is 14.1. The van der Waals surface area contributed by atoms with Crippen molar-refractivity contribution in [1.29, 1.82) is 0 Å². The SMILES string of the molecule is C.C.CNC(=O)C(Cc1ccc(-n2cnc3ccccc32)cc1)NC(=O)c1ccc(OC(C)C)c(Cl)c1.CNC(=O)C(Cc1ccc(Br)cc1)NC(=O)c1ccc(OC(C)C)c(Cl)c1.c1ccc2[nH]cnc2c1.c1cnc2c(c1)ccc1cccnc12. The maximum atomic E-state index is 12.9. The highest BCUT2D eigenvalue weighted by atomic mass is 79.9. The van der Waals surface area contributed by atoms with Crippen LogP contribution in [0.2, 0.25) is 10.0 Å². The number of hydrogen-bond donors (Lipinski definition) is 5. The van der Waals surface area contributed by atoms with Crippen LogP contribution in [-0.2, 0) is 22.4 Å². The van der Waals surface area contributed by atoms with Crippen molar-refractivity contribution in [3.8, 4) is 17.2 Å². The molecule has 0 radical (unpaired) electrons. The summed E-state index contributed by atoms with van der Waals surface area (Å²) in [4.78, 5) is 70.4. The Balaban J connectivity index is 0.000000203. The number of benzene rings is 7. The highest BCUT2D eigenvalue weighted by molar-refractivity contribution is 9.10. The molecule has 0 aliphatic heterocycles. The zero-order valence-electron chi connectivity index (χ0n) is 47.5. The predicted molar refractivity (Wildman–Crippen MR) is 354 cm³/mol. The summed E-state index contributed by atoms with van der Waals surface area (Å²) >= 11 is 15.9. The van der Waals surface area contributed by atoms with Crippen LogP contribution in [0.4, 0.5) is 0 Å². The second-order valence-electron chi connectivity index (χ2n) is 19.8. The van der Waals surface area contributed by atoms with Crippen molar-refractivity contribution in [2.75, 3.05) is 14.1 Å². The van der Waals surface area contributed by atoms with E-state index in [2.05, 4.69) is 86.4 Å². The molecule has 0 saturated carbocycles. The number of rotatable bonds is 15. The molecule has 5 N–H and O–H groups in total. The van der Waals surface area contributed by atoms with Crippen LogP contribution in [-0.4, -0.2) is 91.5 Å². The van der Waals surface area contributed by atoms with Gasteiger partial charge in [-0.3, -0.25) is 33.7 Å². The van der Waals surface area contributed by atoms with Crippen LogP contribution in [0.5, 0.6) is 11.5 Å². The number of hydrogen-bond acceptors (Lipinski definition) is 10. The summed E-state index contributed by atoms with van der Waals surface area (Å²) in [7, 11) is 3.08. The molecule has 4 amide bonds. The molecule has 0 fully saturated rings. The molecule has 16 nitrogen and oxygen atoms in total. The first-order chi connectivity index (χ1) is 41.1. The second kappa shape index (κ2) is 32.4. The lowest BCUT2D eigenvalue weighted by molar-refractivity contribution is -0.123. The van der Waals surface area contributed by atoms with Gasteiger partial charge in [0.05, 0.1) is 61.7 Å². The lowest BCUT2D eigenvalue weighted by Gasteiger charge is -2.18. The van der Waals surface area contributed by atoms with Crippen molar-refractivity contribution < 1.29 is 28.7 Å². The fourth-order valence-corrected chi connectivity index (χ4v) is 9.56. The highest BCUT2D eigenvalue weighted by Crippen LogP contribution is 2.29. The number of fused-ring (bicyclic) bond motifs is 5. The normalized spacial score (nSPS) is 11.3. The van der Waals surface area contributed by atoms with Gasteiger partial charge in [0.1, 0.15) is 29.9 Å². The minimum atomic E-state index is -0.752. The van der Waals surface area contributed by atoms with Gasteiger partial charge in [-0.1, -0.05) is 127 Å². The van der Waals surface area contributed by atoms with Gasteiger partial charge in [-0.15, -0.1) is 0 Å². The first kappa shape index (κ1) is 67.0. The average Bonchev–Trinajstić information content (AvgIpc) is 4.17. The summed E-state index contributed by atoms with van der Waals surface area (Å²) in [5.74, 6) is -0.296. The summed E-state index contributed by atoms with van der Waals surface area (Å²) < 4.78 is 14.2. The lowest BCUT2D eigenvalue weighted by atomic mass is 10.0. The minimum absolute atomic E-state index is 0. The third-order valence-electron chi connectivity index (χ3n) is 13.0. The number of carbonyl (C=O) groups is 4. The Kier molecular flexibility index (Phi) is 24.9. The van der Waals surface area contributed by atoms with Crippen molar-refractivity contribution in [2.24, 2.45) is 0 Å². The number of pyridine rings is 2. The summed E-state index contributed by atoms with van der Waals surface area (Å²) in [6.07, 6.45) is 7.74. The van der Waals surface area contributed by atoms with E-state index in [1.54, 1.807) is 62.4 Å². The molecule has 450 valence electrons. The molecule has 11 aromatic rings. The Morgan fingerprint density at radius 2 is 1.02 bits per heavy atom. The van der Waals surface area contributed by atoms with E-state index in [0.29, 0.717) is 45.5 Å². The molecule has 0 bridgehead atoms. The van der Waals surface area contributed by atoms with Crippen molar-refractivity contribution in [2.45, 2.75) is 79.7 Å². The highest BCUT2D eigenvalue weighted by Gasteiger charge is 2.24. The maximum absolute atomic E-state index is 12.9. The van der Waals surface area contributed by atoms with Gasteiger partial charge in [0, 0.05) is 71.4 Å². The van der Waals surface area contributed by atoms with Crippen molar-refractivity contribution in [3.63, 3.8) is 0 Å². The Hall–Kier alpha value is -9.16. The van der Waals surface area contributed by atoms with Crippen LogP contribution in [0.15, 0.2) is 199 Å². The number of nitrogens with one attached hydrogen (secondary N) is 5. The maximum Gasteiger partial charge on any atom is 0.251 e. The molecule has 0 saturated heterocycles. The number of likely N-dealkylation sites (N-methyl/N-ethyl adjacent to an activating group) is 2. The molecule has 4 aromatic heterocycles. The van der Waals surface area contributed by atoms with Crippen LogP contribution >= 0.6 is 39.1 Å². The Morgan fingerprint density at radius 3 is 1.49 bits per heavy atom. The van der Waals surface area contributed by atoms with E-state index in [9.17, 15) is 19.2 Å². The third kappa shape index (κ3) is 18.4. The average molecular weight is 1280 g/mol. The molecule has 4 heterocycles. The number of carbonyl (C=O) groups excluding carboxylic acids is 4. The summed E-state index contributed by atoms with van der Waals surface area (Å²) in [5.41, 5.74) is 9.52. The number of ether oxygens (including phenoxy) is 2. The van der Waals surface area contributed by atoms with Crippen LogP contribution < -0.4 is 30.7 Å². The van der Waals surface area contributed by atoms with Gasteiger partial charge in [-0.25, -0.2) is 9.97 Å². The molecule has 0 aliphatic rings. The molecule has 2 unspecified atom stereocenters. The van der Waals surface area contributed by atoms with Gasteiger partial charge in [-0.2, -0.15) is 0 Å². The van der Waals surface area contributed by atoms with Gasteiger partial charge in [0.2, 0.25) is 11.8 Å². The van der Waals surface area contributed by atoms with Gasteiger partial charge in [0.25, 0.3) is 11.8 Å². The number of imidazole rings is 2. The van der Waals surface area contributed by atoms with E-state index in [-0.39, 0.29) is 44.8 Å². The molecule has 7 aromatic carbocycles. The minimum Gasteiger partial charge on any atom is -0.489 e. The zero-order chi connectivity index (χ0) is 60.4. The zero-order valence-corrected chi connectivity index (χ0v) is 50.6. The fraction of sp³-hybridized carbons (Fsp3) is 0.206. The smallest absolute Gasteiger partial charge is 0.251 e. The second-order valence-corrected chi connectivity index (χ2v) is 21.6. The number of aromatic amines is 1. The van der Waals surface area contributed by atoms with Crippen molar-refractivity contribution in [3.05, 3.63) is 232 Å². The third-order valence-corrected chi connectivity index (χ3v) is 14.1. The molecule has 0 spiro atoms. The monoisotopic (exact) mass is 1270 g/mol. The Morgan fingerprint density at radius 1 is 0.552 bits per heavy atom. The number of H-pyrrole nitrogens is 1. The Bertz CT molecular complexity index is 3980. The topological polar surface area (TPSA) is 207 Å². The Labute approximate surface area is 525 Å². The van der Waals surface area contributed by atoms with E-state index in [4.69, 9.17) is 32.7 Å². The molecule has 19 heteroatoms. The van der Waals surface area contributed by atoms with Crippen molar-refractivity contribution in [1.82, 2.24) is 50.8 Å². The largest absolute Gasteiger partial charge is 0.489 e. The number of halogens is 3. The quantitative estimate of drug-likeness (QED) is 0.0614. The van der Waals surface area contributed by atoms with Gasteiger partial charge < -0.3 is 35.7 Å². The van der Waals surface area contributed by atoms with Crippen LogP contribution in [0, 0.1) is 0 Å². The molecular formula is C68H71BrCl2N10O6. The van der Waals surface area contributed by atoms with Crippen LogP contribution in [0.3, 0.4) is 0 Å². The van der Waals surface area contributed by atoms with E-state index in [1.807, 2.05) is 141 Å². The first-order valence-electron chi connectivity index (χ1n) is 27.3. The van der Waals surface area contributed by atoms with E-state index in [0.717, 1.165) is 65.2 Å². The molecule has 11 rings (SSSR count). The summed E-state index contributed by atoms with van der Waals surface area (Å²) in [6, 6.07) is 51.6. The number of para-hydroxylation sites is 4. The summed E-state index contributed by atoms with van der Waals surface area (Å²) in [5, 5.41) is 13.8. The number of aromatic nitrogens is 6. The van der Waals surface area contributed by atoms with Gasteiger partial charge >= 0.3 is 0 Å². The van der Waals surface area contributed by atoms with Gasteiger partial charge in [-0.05, 0) is 136 Å². The first-order valence-corrected chi connectivity index (χ1v) is 28.8. The molecule has 87 heavy (non-hydrogen) atoms. The van der Waals surface area contributed by atoms with Gasteiger partial charge in [0.15, 0.2) is 0 Å². The standard InChI is InChI=1S/C27H27ClN4O3.C20H22BrClN2O3.C12H8N2.C7H6N2.2CH4/c1-17(2)35-25-13-10-19(15-21(25)28)26(33)31-23(27(34)29-3)14-18-8-11-20(12-9-18)32-16-30-22-6-4-5-7-24(22)32;1-12(2)27-18-9-6-14(11-16(18)22)19(25)24-17(20(26)23-3)10-13-4-7-15(21)8-5-13;1-3-9-5-6-10-4-2-8-14-12(10)11(9)13-7-1;1-2-4-7-6(3-1)8-5-9-7;;/h4-13,15-17,23H,14H2,1-3H3,(H,29,34)(H,31,33);4-9,11-12,17H,10H2,1-3H3,(H,23,26)(H,24,25);1-8H;1-5H,(H,8,9);2*1H4. The van der Waals surface area contributed by atoms with Crippen LogP contribution in [0.25, 0.3) is 49.6 Å². The lowest BCUT2D eigenvalue weighted by Crippen LogP contribution is -2.47. The van der Waals surface area contributed by atoms with E-state index >= 15 is 0 Å². The molecular weight excluding hydrogens is 1200 g/mol. The fourth-order valence-electron chi connectivity index (χ4n) is 8.84. The molecule has 2 atom stereocenters. The van der Waals surface area contributed by atoms with E-state index < -0.39 is 18.0 Å². The summed E-state index contributed by atoms with van der Waals surface area (Å²) in [6.45, 7) is 7.59. The molecule has 0 aliphatic carbocycles. The van der Waals surface area contributed by atoms with E-state index in [1.165, 1.54) is 13.1 Å².